The van der Waals surface area contributed by atoms with Gasteiger partial charge in [-0.05, 0) is 30.9 Å². The Bertz CT molecular complexity index is 434. The summed E-state index contributed by atoms with van der Waals surface area (Å²) in [6.07, 6.45) is 2.03. The maximum atomic E-state index is 12.0. The Kier molecular flexibility index (Phi) is 6.05. The van der Waals surface area contributed by atoms with E-state index in [0.717, 1.165) is 38.0 Å². The topological polar surface area (TPSA) is 41.6 Å². The molecular formula is C17H26N2O2. The lowest BCUT2D eigenvalue weighted by Gasteiger charge is -2.17. The van der Waals surface area contributed by atoms with Crippen LogP contribution in [0.25, 0.3) is 0 Å². The van der Waals surface area contributed by atoms with E-state index in [4.69, 9.17) is 4.74 Å². The predicted molar refractivity (Wildman–Crippen MR) is 84.1 cm³/mol. The second kappa shape index (κ2) is 8.03. The number of carbonyl (C=O) groups is 1. The van der Waals surface area contributed by atoms with Crippen LogP contribution in [0.3, 0.4) is 0 Å². The van der Waals surface area contributed by atoms with Crippen LogP contribution in [0.15, 0.2) is 30.3 Å². The molecule has 1 aromatic carbocycles. The van der Waals surface area contributed by atoms with Crippen molar-refractivity contribution < 1.29 is 9.53 Å². The molecule has 21 heavy (non-hydrogen) atoms. The third kappa shape index (κ3) is 5.38. The van der Waals surface area contributed by atoms with E-state index in [1.807, 2.05) is 35.2 Å². The van der Waals surface area contributed by atoms with Crippen molar-refractivity contribution >= 4 is 6.09 Å². The van der Waals surface area contributed by atoms with Crippen molar-refractivity contribution in [3.05, 3.63) is 35.9 Å². The summed E-state index contributed by atoms with van der Waals surface area (Å²) in [7, 11) is 0. The first kappa shape index (κ1) is 15.8. The number of nitrogens with one attached hydrogen (secondary N) is 1. The van der Waals surface area contributed by atoms with Crippen molar-refractivity contribution in [3.8, 4) is 0 Å². The molecule has 4 nitrogen and oxygen atoms in total. The van der Waals surface area contributed by atoms with Gasteiger partial charge in [0.15, 0.2) is 0 Å². The minimum Gasteiger partial charge on any atom is -0.445 e. The van der Waals surface area contributed by atoms with Crippen molar-refractivity contribution in [1.82, 2.24) is 10.2 Å². The molecule has 1 amide bonds. The Balaban J connectivity index is 1.67. The van der Waals surface area contributed by atoms with E-state index in [0.29, 0.717) is 18.6 Å². The lowest BCUT2D eigenvalue weighted by molar-refractivity contribution is 0.103. The van der Waals surface area contributed by atoms with E-state index in [1.165, 1.54) is 0 Å². The molecular weight excluding hydrogens is 264 g/mol. The summed E-state index contributed by atoms with van der Waals surface area (Å²) in [5.74, 6) is 0.598. The molecule has 4 heteroatoms. The standard InChI is InChI=1S/C17H26N2O2/c1-14(2)18-10-8-15-9-11-19(12-15)17(20)21-13-16-6-4-3-5-7-16/h3-7,14-15,18H,8-13H2,1-2H3/t15-/m1/s1. The van der Waals surface area contributed by atoms with E-state index in [-0.39, 0.29) is 6.09 Å². The van der Waals surface area contributed by atoms with E-state index in [2.05, 4.69) is 19.2 Å². The Morgan fingerprint density at radius 3 is 2.86 bits per heavy atom. The molecule has 1 heterocycles. The first-order valence-electron chi connectivity index (χ1n) is 7.84. The molecule has 1 fully saturated rings. The van der Waals surface area contributed by atoms with Crippen molar-refractivity contribution in [2.24, 2.45) is 5.92 Å². The van der Waals surface area contributed by atoms with E-state index >= 15 is 0 Å². The quantitative estimate of drug-likeness (QED) is 0.875. The number of nitrogens with zero attached hydrogens (tertiary/aromatic N) is 1. The van der Waals surface area contributed by atoms with Gasteiger partial charge < -0.3 is 15.0 Å². The smallest absolute Gasteiger partial charge is 0.410 e. The maximum Gasteiger partial charge on any atom is 0.410 e. The third-order valence-electron chi connectivity index (χ3n) is 3.85. The molecule has 0 aromatic heterocycles. The fourth-order valence-corrected chi connectivity index (χ4v) is 2.62. The summed E-state index contributed by atoms with van der Waals surface area (Å²) in [4.78, 5) is 13.9. The predicted octanol–water partition coefficient (Wildman–Crippen LogP) is 3.03. The number of benzene rings is 1. The van der Waals surface area contributed by atoms with Gasteiger partial charge in [0.05, 0.1) is 0 Å². The van der Waals surface area contributed by atoms with Gasteiger partial charge in [0, 0.05) is 19.1 Å². The van der Waals surface area contributed by atoms with E-state index in [1.54, 1.807) is 0 Å². The van der Waals surface area contributed by atoms with Crippen LogP contribution in [-0.4, -0.2) is 36.7 Å². The Morgan fingerprint density at radius 2 is 2.14 bits per heavy atom. The zero-order chi connectivity index (χ0) is 15.1. The molecule has 0 radical (unpaired) electrons. The highest BCUT2D eigenvalue weighted by molar-refractivity contribution is 5.68. The second-order valence-electron chi connectivity index (χ2n) is 6.04. The summed E-state index contributed by atoms with van der Waals surface area (Å²) >= 11 is 0. The fourth-order valence-electron chi connectivity index (χ4n) is 2.62. The Labute approximate surface area is 127 Å². The van der Waals surface area contributed by atoms with Crippen LogP contribution in [0.5, 0.6) is 0 Å². The van der Waals surface area contributed by atoms with Gasteiger partial charge in [0.2, 0.25) is 0 Å². The molecule has 1 N–H and O–H groups in total. The maximum absolute atomic E-state index is 12.0. The van der Waals surface area contributed by atoms with E-state index < -0.39 is 0 Å². The second-order valence-corrected chi connectivity index (χ2v) is 6.04. The van der Waals surface area contributed by atoms with E-state index in [9.17, 15) is 4.79 Å². The van der Waals surface area contributed by atoms with Gasteiger partial charge in [-0.25, -0.2) is 4.79 Å². The van der Waals surface area contributed by atoms with Gasteiger partial charge in [0.25, 0.3) is 0 Å². The molecule has 1 aliphatic heterocycles. The third-order valence-corrected chi connectivity index (χ3v) is 3.85. The fraction of sp³-hybridized carbons (Fsp3) is 0.588. The highest BCUT2D eigenvalue weighted by atomic mass is 16.6. The van der Waals surface area contributed by atoms with Crippen LogP contribution in [0.2, 0.25) is 0 Å². The zero-order valence-corrected chi connectivity index (χ0v) is 13.0. The summed E-state index contributed by atoms with van der Waals surface area (Å²) in [6.45, 7) is 7.34. The van der Waals surface area contributed by atoms with Gasteiger partial charge >= 0.3 is 6.09 Å². The molecule has 0 spiro atoms. The summed E-state index contributed by atoms with van der Waals surface area (Å²) < 4.78 is 5.37. The highest BCUT2D eigenvalue weighted by Gasteiger charge is 2.26. The Hall–Kier alpha value is -1.55. The van der Waals surface area contributed by atoms with Crippen molar-refractivity contribution in [2.75, 3.05) is 19.6 Å². The van der Waals surface area contributed by atoms with Crippen molar-refractivity contribution in [2.45, 2.75) is 39.3 Å². The van der Waals surface area contributed by atoms with Gasteiger partial charge in [-0.3, -0.25) is 0 Å². The average Bonchev–Trinajstić information content (AvgIpc) is 2.94. The number of carbonyl (C=O) groups excluding carboxylic acids is 1. The number of likely N-dealkylation sites (tertiary alicyclic amines) is 1. The van der Waals surface area contributed by atoms with Crippen LogP contribution in [-0.2, 0) is 11.3 Å². The normalized spacial score (nSPS) is 18.2. The summed E-state index contributed by atoms with van der Waals surface area (Å²) in [5, 5.41) is 3.43. The van der Waals surface area contributed by atoms with Crippen molar-refractivity contribution in [3.63, 3.8) is 0 Å². The molecule has 0 bridgehead atoms. The molecule has 1 saturated heterocycles. The molecule has 0 saturated carbocycles. The molecule has 1 aromatic rings. The van der Waals surface area contributed by atoms with Crippen LogP contribution in [0, 0.1) is 5.92 Å². The lowest BCUT2D eigenvalue weighted by atomic mass is 10.1. The minimum atomic E-state index is -0.182. The molecule has 0 aliphatic carbocycles. The molecule has 1 aliphatic rings. The molecule has 2 rings (SSSR count). The number of hydrogen-bond acceptors (Lipinski definition) is 3. The number of rotatable bonds is 6. The van der Waals surface area contributed by atoms with Crippen LogP contribution < -0.4 is 5.32 Å². The lowest BCUT2D eigenvalue weighted by Crippen LogP contribution is -2.30. The van der Waals surface area contributed by atoms with Gasteiger partial charge in [-0.1, -0.05) is 44.2 Å². The largest absolute Gasteiger partial charge is 0.445 e. The Morgan fingerprint density at radius 1 is 1.38 bits per heavy atom. The number of hydrogen-bond donors (Lipinski definition) is 1. The highest BCUT2D eigenvalue weighted by Crippen LogP contribution is 2.20. The van der Waals surface area contributed by atoms with Crippen LogP contribution >= 0.6 is 0 Å². The summed E-state index contributed by atoms with van der Waals surface area (Å²) in [5.41, 5.74) is 1.03. The molecule has 1 atom stereocenters. The average molecular weight is 290 g/mol. The minimum absolute atomic E-state index is 0.182. The number of amides is 1. The summed E-state index contributed by atoms with van der Waals surface area (Å²) in [6, 6.07) is 10.3. The monoisotopic (exact) mass is 290 g/mol. The van der Waals surface area contributed by atoms with Gasteiger partial charge in [-0.15, -0.1) is 0 Å². The van der Waals surface area contributed by atoms with Gasteiger partial charge in [-0.2, -0.15) is 0 Å². The molecule has 116 valence electrons. The SMILES string of the molecule is CC(C)NCC[C@@H]1CCN(C(=O)OCc2ccccc2)C1. The first-order valence-corrected chi connectivity index (χ1v) is 7.84. The van der Waals surface area contributed by atoms with Crippen LogP contribution in [0.4, 0.5) is 4.79 Å². The zero-order valence-electron chi connectivity index (χ0n) is 13.0. The van der Waals surface area contributed by atoms with Gasteiger partial charge in [0.1, 0.15) is 6.61 Å². The van der Waals surface area contributed by atoms with Crippen molar-refractivity contribution in [1.29, 1.82) is 0 Å². The first-order chi connectivity index (χ1) is 10.1. The molecule has 0 unspecified atom stereocenters. The van der Waals surface area contributed by atoms with Crippen LogP contribution in [0.1, 0.15) is 32.3 Å². The number of ether oxygens (including phenoxy) is 1.